The molecule has 0 heterocycles. The van der Waals surface area contributed by atoms with Crippen LogP contribution in [0.5, 0.6) is 0 Å². The van der Waals surface area contributed by atoms with Gasteiger partial charge < -0.3 is 15.4 Å². The van der Waals surface area contributed by atoms with E-state index in [0.717, 1.165) is 24.8 Å². The van der Waals surface area contributed by atoms with Crippen LogP contribution >= 0.6 is 11.8 Å². The third-order valence-corrected chi connectivity index (χ3v) is 3.17. The summed E-state index contributed by atoms with van der Waals surface area (Å²) in [7, 11) is 0. The second kappa shape index (κ2) is 11.6. The fourth-order valence-electron chi connectivity index (χ4n) is 1.60. The van der Waals surface area contributed by atoms with Gasteiger partial charge in [-0.2, -0.15) is 11.8 Å². The lowest BCUT2D eigenvalue weighted by atomic mass is 10.2. The smallest absolute Gasteiger partial charge is 0.191 e. The van der Waals surface area contributed by atoms with Gasteiger partial charge in [0.25, 0.3) is 0 Å². The molecule has 20 heavy (non-hydrogen) atoms. The van der Waals surface area contributed by atoms with E-state index in [2.05, 4.69) is 40.9 Å². The van der Waals surface area contributed by atoms with Crippen LogP contribution in [0, 0.1) is 0 Å². The van der Waals surface area contributed by atoms with E-state index in [1.54, 1.807) is 0 Å². The third kappa shape index (κ3) is 8.07. The van der Waals surface area contributed by atoms with Crippen molar-refractivity contribution in [2.24, 2.45) is 4.99 Å². The van der Waals surface area contributed by atoms with Gasteiger partial charge in [0, 0.05) is 18.8 Å². The van der Waals surface area contributed by atoms with Gasteiger partial charge in [0.2, 0.25) is 0 Å². The summed E-state index contributed by atoms with van der Waals surface area (Å²) in [4.78, 5) is 4.48. The van der Waals surface area contributed by atoms with Crippen molar-refractivity contribution in [3.05, 3.63) is 35.9 Å². The van der Waals surface area contributed by atoms with Crippen LogP contribution in [0.3, 0.4) is 0 Å². The number of rotatable bonds is 9. The molecule has 0 saturated carbocycles. The van der Waals surface area contributed by atoms with Crippen LogP contribution in [0.2, 0.25) is 0 Å². The van der Waals surface area contributed by atoms with Gasteiger partial charge in [-0.15, -0.1) is 0 Å². The van der Waals surface area contributed by atoms with Crippen molar-refractivity contribution in [2.45, 2.75) is 13.5 Å². The first-order valence-electron chi connectivity index (χ1n) is 6.99. The Morgan fingerprint density at radius 3 is 2.75 bits per heavy atom. The van der Waals surface area contributed by atoms with Crippen LogP contribution in [0.15, 0.2) is 35.3 Å². The number of benzene rings is 1. The van der Waals surface area contributed by atoms with E-state index in [4.69, 9.17) is 4.74 Å². The Hall–Kier alpha value is -1.20. The second-order valence-electron chi connectivity index (χ2n) is 4.22. The number of thioether (sulfide) groups is 1. The maximum atomic E-state index is 5.61. The van der Waals surface area contributed by atoms with Crippen molar-refractivity contribution in [1.29, 1.82) is 0 Å². The van der Waals surface area contributed by atoms with Crippen molar-refractivity contribution >= 4 is 17.7 Å². The van der Waals surface area contributed by atoms with E-state index < -0.39 is 0 Å². The highest BCUT2D eigenvalue weighted by molar-refractivity contribution is 7.98. The molecule has 1 aromatic rings. The predicted molar refractivity (Wildman–Crippen MR) is 88.5 cm³/mol. The Balaban J connectivity index is 2.19. The molecular weight excluding hydrogens is 270 g/mol. The highest BCUT2D eigenvalue weighted by Gasteiger charge is 1.96. The van der Waals surface area contributed by atoms with Gasteiger partial charge in [-0.25, -0.2) is 0 Å². The van der Waals surface area contributed by atoms with Gasteiger partial charge in [0.1, 0.15) is 0 Å². The Kier molecular flexibility index (Phi) is 9.79. The predicted octanol–water partition coefficient (Wildman–Crippen LogP) is 2.12. The largest absolute Gasteiger partial charge is 0.375 e. The van der Waals surface area contributed by atoms with Gasteiger partial charge in [-0.1, -0.05) is 30.3 Å². The SMILES string of the molecule is CCNC(=NCCOCc1ccccc1)NCCSC. The molecule has 4 nitrogen and oxygen atoms in total. The van der Waals surface area contributed by atoms with Crippen LogP contribution in [0.4, 0.5) is 0 Å². The zero-order valence-corrected chi connectivity index (χ0v) is 13.2. The molecule has 0 fully saturated rings. The summed E-state index contributed by atoms with van der Waals surface area (Å²) >= 11 is 1.82. The average Bonchev–Trinajstić information content (AvgIpc) is 2.48. The van der Waals surface area contributed by atoms with Crippen molar-refractivity contribution in [2.75, 3.05) is 38.2 Å². The third-order valence-electron chi connectivity index (χ3n) is 2.56. The lowest BCUT2D eigenvalue weighted by Gasteiger charge is -2.10. The summed E-state index contributed by atoms with van der Waals surface area (Å²) in [5, 5.41) is 6.52. The maximum absolute atomic E-state index is 5.61. The van der Waals surface area contributed by atoms with Crippen molar-refractivity contribution in [1.82, 2.24) is 10.6 Å². The van der Waals surface area contributed by atoms with Crippen molar-refractivity contribution in [3.63, 3.8) is 0 Å². The first-order chi connectivity index (χ1) is 9.86. The number of nitrogens with zero attached hydrogens (tertiary/aromatic N) is 1. The average molecular weight is 295 g/mol. The highest BCUT2D eigenvalue weighted by atomic mass is 32.2. The Morgan fingerprint density at radius 1 is 1.25 bits per heavy atom. The minimum Gasteiger partial charge on any atom is -0.375 e. The van der Waals surface area contributed by atoms with Gasteiger partial charge in [-0.3, -0.25) is 4.99 Å². The number of ether oxygens (including phenoxy) is 1. The van der Waals surface area contributed by atoms with E-state index in [1.165, 1.54) is 5.56 Å². The summed E-state index contributed by atoms with van der Waals surface area (Å²) in [5.41, 5.74) is 1.20. The first-order valence-corrected chi connectivity index (χ1v) is 8.39. The number of hydrogen-bond donors (Lipinski definition) is 2. The molecule has 0 bridgehead atoms. The van der Waals surface area contributed by atoms with E-state index in [1.807, 2.05) is 30.0 Å². The van der Waals surface area contributed by atoms with Crippen LogP contribution in [0.25, 0.3) is 0 Å². The zero-order chi connectivity index (χ0) is 14.5. The summed E-state index contributed by atoms with van der Waals surface area (Å²) < 4.78 is 5.61. The number of guanidine groups is 1. The zero-order valence-electron chi connectivity index (χ0n) is 12.4. The summed E-state index contributed by atoms with van der Waals surface area (Å²) in [6.07, 6.45) is 2.10. The van der Waals surface area contributed by atoms with E-state index in [-0.39, 0.29) is 0 Å². The number of hydrogen-bond acceptors (Lipinski definition) is 3. The molecule has 1 rings (SSSR count). The molecule has 0 aliphatic heterocycles. The van der Waals surface area contributed by atoms with E-state index in [0.29, 0.717) is 19.8 Å². The van der Waals surface area contributed by atoms with Gasteiger partial charge in [0.15, 0.2) is 5.96 Å². The maximum Gasteiger partial charge on any atom is 0.191 e. The Bertz CT molecular complexity index is 371. The fourth-order valence-corrected chi connectivity index (χ4v) is 1.91. The minimum absolute atomic E-state index is 0.633. The molecule has 0 aromatic heterocycles. The number of nitrogens with one attached hydrogen (secondary N) is 2. The van der Waals surface area contributed by atoms with Crippen molar-refractivity contribution in [3.8, 4) is 0 Å². The topological polar surface area (TPSA) is 45.7 Å². The molecule has 0 unspecified atom stereocenters. The molecule has 0 atom stereocenters. The summed E-state index contributed by atoms with van der Waals surface area (Å²) in [6.45, 7) is 5.81. The molecule has 5 heteroatoms. The molecule has 0 amide bonds. The molecule has 0 spiro atoms. The highest BCUT2D eigenvalue weighted by Crippen LogP contribution is 1.99. The second-order valence-corrected chi connectivity index (χ2v) is 5.20. The van der Waals surface area contributed by atoms with Gasteiger partial charge >= 0.3 is 0 Å². The van der Waals surface area contributed by atoms with Crippen LogP contribution in [-0.2, 0) is 11.3 Å². The molecule has 0 aliphatic rings. The molecule has 1 aromatic carbocycles. The molecular formula is C15H25N3OS. The molecule has 2 N–H and O–H groups in total. The monoisotopic (exact) mass is 295 g/mol. The normalized spacial score (nSPS) is 11.4. The van der Waals surface area contributed by atoms with Gasteiger partial charge in [0.05, 0.1) is 19.8 Å². The molecule has 112 valence electrons. The molecule has 0 saturated heterocycles. The number of aliphatic imine (C=N–C) groups is 1. The van der Waals surface area contributed by atoms with Crippen LogP contribution in [-0.4, -0.2) is 44.2 Å². The Morgan fingerprint density at radius 2 is 2.05 bits per heavy atom. The minimum atomic E-state index is 0.633. The lowest BCUT2D eigenvalue weighted by molar-refractivity contribution is 0.128. The van der Waals surface area contributed by atoms with Gasteiger partial charge in [-0.05, 0) is 18.7 Å². The fraction of sp³-hybridized carbons (Fsp3) is 0.533. The first kappa shape index (κ1) is 16.9. The lowest BCUT2D eigenvalue weighted by Crippen LogP contribution is -2.38. The van der Waals surface area contributed by atoms with Crippen LogP contribution < -0.4 is 10.6 Å². The standard InChI is InChI=1S/C15H25N3OS/c1-3-16-15(18-10-12-20-2)17-9-11-19-13-14-7-5-4-6-8-14/h4-8H,3,9-13H2,1-2H3,(H2,16,17,18). The quantitative estimate of drug-likeness (QED) is 0.416. The molecule has 0 radical (unpaired) electrons. The van der Waals surface area contributed by atoms with E-state index in [9.17, 15) is 0 Å². The van der Waals surface area contributed by atoms with E-state index >= 15 is 0 Å². The van der Waals surface area contributed by atoms with Crippen LogP contribution in [0.1, 0.15) is 12.5 Å². The summed E-state index contributed by atoms with van der Waals surface area (Å²) in [6, 6.07) is 10.2. The van der Waals surface area contributed by atoms with Crippen molar-refractivity contribution < 1.29 is 4.74 Å². The Labute approximate surface area is 126 Å². The summed E-state index contributed by atoms with van der Waals surface area (Å²) in [5.74, 6) is 1.94. The molecule has 0 aliphatic carbocycles.